The van der Waals surface area contributed by atoms with Crippen LogP contribution in [0.5, 0.6) is 11.5 Å². The summed E-state index contributed by atoms with van der Waals surface area (Å²) in [5.41, 5.74) is 2.47. The van der Waals surface area contributed by atoms with E-state index in [9.17, 15) is 14.0 Å². The predicted octanol–water partition coefficient (Wildman–Crippen LogP) is 3.89. The molecule has 0 bridgehead atoms. The van der Waals surface area contributed by atoms with E-state index in [4.69, 9.17) is 14.3 Å². The average Bonchev–Trinajstić information content (AvgIpc) is 3.33. The van der Waals surface area contributed by atoms with Crippen molar-refractivity contribution in [1.82, 2.24) is 9.96 Å². The summed E-state index contributed by atoms with van der Waals surface area (Å²) in [4.78, 5) is 33.5. The quantitative estimate of drug-likeness (QED) is 0.482. The molecule has 5 rings (SSSR count). The topological polar surface area (TPSA) is 68.3 Å². The Kier molecular flexibility index (Phi) is 6.23. The van der Waals surface area contributed by atoms with E-state index in [1.54, 1.807) is 36.4 Å². The largest absolute Gasteiger partial charge is 0.493 e. The Bertz CT molecular complexity index is 1230. The molecule has 3 aromatic rings. The summed E-state index contributed by atoms with van der Waals surface area (Å²) in [6.07, 6.45) is -0.860. The van der Waals surface area contributed by atoms with Crippen LogP contribution < -0.4 is 9.47 Å². The van der Waals surface area contributed by atoms with E-state index < -0.39 is 18.1 Å². The number of imide groups is 1. The molecule has 8 heteroatoms. The highest BCUT2D eigenvalue weighted by atomic mass is 19.1. The molecule has 0 aliphatic carbocycles. The third kappa shape index (κ3) is 4.38. The fourth-order valence-electron chi connectivity index (χ4n) is 4.68. The van der Waals surface area contributed by atoms with E-state index >= 15 is 0 Å². The smallest absolute Gasteiger partial charge is 0.261 e. The summed E-state index contributed by atoms with van der Waals surface area (Å²) in [6.45, 7) is 0.458. The zero-order valence-electron chi connectivity index (χ0n) is 19.4. The lowest BCUT2D eigenvalue weighted by molar-refractivity contribution is -0.170. The summed E-state index contributed by atoms with van der Waals surface area (Å²) >= 11 is 0. The third-order valence-corrected chi connectivity index (χ3v) is 6.42. The van der Waals surface area contributed by atoms with Crippen molar-refractivity contribution >= 4 is 11.8 Å². The van der Waals surface area contributed by atoms with Crippen molar-refractivity contribution in [3.8, 4) is 11.5 Å². The number of hydroxylamine groups is 2. The van der Waals surface area contributed by atoms with Crippen molar-refractivity contribution < 1.29 is 28.3 Å². The normalized spacial score (nSPS) is 21.9. The Balaban J connectivity index is 1.36. The van der Waals surface area contributed by atoms with Gasteiger partial charge in [-0.05, 0) is 41.0 Å². The summed E-state index contributed by atoms with van der Waals surface area (Å²) in [5.74, 6) is -0.554. The number of amides is 2. The van der Waals surface area contributed by atoms with Crippen molar-refractivity contribution in [1.29, 1.82) is 0 Å². The number of hydrogen-bond donors (Lipinski definition) is 0. The van der Waals surface area contributed by atoms with Crippen molar-refractivity contribution in [2.45, 2.75) is 25.3 Å². The van der Waals surface area contributed by atoms with Crippen LogP contribution in [0.1, 0.15) is 22.7 Å². The van der Waals surface area contributed by atoms with Gasteiger partial charge in [0.1, 0.15) is 12.4 Å². The highest BCUT2D eigenvalue weighted by Crippen LogP contribution is 2.45. The second-order valence-corrected chi connectivity index (χ2v) is 8.62. The van der Waals surface area contributed by atoms with Gasteiger partial charge < -0.3 is 9.47 Å². The molecule has 0 saturated carbocycles. The fourth-order valence-corrected chi connectivity index (χ4v) is 4.68. The zero-order valence-corrected chi connectivity index (χ0v) is 19.4. The molecule has 2 amide bonds. The molecule has 3 atom stereocenters. The van der Waals surface area contributed by atoms with Crippen LogP contribution in [0.15, 0.2) is 72.8 Å². The van der Waals surface area contributed by atoms with Gasteiger partial charge in [-0.1, -0.05) is 48.5 Å². The molecule has 35 heavy (non-hydrogen) atoms. The lowest BCUT2D eigenvalue weighted by Crippen LogP contribution is -2.35. The molecule has 2 heterocycles. The van der Waals surface area contributed by atoms with Crippen LogP contribution >= 0.6 is 0 Å². The van der Waals surface area contributed by atoms with Gasteiger partial charge in [0.2, 0.25) is 5.91 Å². The molecule has 3 aromatic carbocycles. The molecule has 0 radical (unpaired) electrons. The van der Waals surface area contributed by atoms with E-state index in [0.29, 0.717) is 11.5 Å². The number of likely N-dealkylation sites (tertiary alicyclic amines) is 1. The van der Waals surface area contributed by atoms with Crippen molar-refractivity contribution in [3.63, 3.8) is 0 Å². The zero-order chi connectivity index (χ0) is 24.5. The van der Waals surface area contributed by atoms with Crippen molar-refractivity contribution in [2.24, 2.45) is 5.92 Å². The van der Waals surface area contributed by atoms with E-state index in [2.05, 4.69) is 0 Å². The maximum atomic E-state index is 13.4. The Morgan fingerprint density at radius 2 is 1.66 bits per heavy atom. The number of benzene rings is 3. The Labute approximate surface area is 202 Å². The minimum Gasteiger partial charge on any atom is -0.493 e. The van der Waals surface area contributed by atoms with Gasteiger partial charge in [0.25, 0.3) is 5.91 Å². The molecule has 0 N–H and O–H groups in total. The van der Waals surface area contributed by atoms with Gasteiger partial charge in [-0.15, -0.1) is 0 Å². The van der Waals surface area contributed by atoms with Crippen LogP contribution in [0.25, 0.3) is 0 Å². The summed E-state index contributed by atoms with van der Waals surface area (Å²) in [6, 6.07) is 20.4. The number of rotatable bonds is 7. The van der Waals surface area contributed by atoms with Gasteiger partial charge in [0.05, 0.1) is 25.6 Å². The number of methoxy groups -OCH3 is 1. The Hall–Kier alpha value is -3.75. The summed E-state index contributed by atoms with van der Waals surface area (Å²) in [7, 11) is 3.25. The Morgan fingerprint density at radius 1 is 0.914 bits per heavy atom. The van der Waals surface area contributed by atoms with Crippen molar-refractivity contribution in [3.05, 3.63) is 95.3 Å². The maximum absolute atomic E-state index is 13.4. The molecular weight excluding hydrogens is 451 g/mol. The summed E-state index contributed by atoms with van der Waals surface area (Å²) in [5, 5.41) is 1.57. The number of nitrogens with zero attached hydrogens (tertiary/aromatic N) is 2. The molecule has 0 spiro atoms. The monoisotopic (exact) mass is 476 g/mol. The number of carbonyl (C=O) groups is 2. The molecular formula is C27H25FN2O5. The second-order valence-electron chi connectivity index (χ2n) is 8.62. The highest BCUT2D eigenvalue weighted by Gasteiger charge is 2.58. The van der Waals surface area contributed by atoms with E-state index in [0.717, 1.165) is 16.7 Å². The van der Waals surface area contributed by atoms with Crippen LogP contribution in [0.3, 0.4) is 0 Å². The average molecular weight is 477 g/mol. The van der Waals surface area contributed by atoms with E-state index in [1.807, 2.05) is 36.4 Å². The molecule has 2 fully saturated rings. The number of halogens is 1. The van der Waals surface area contributed by atoms with Gasteiger partial charge in [-0.25, -0.2) is 4.39 Å². The number of hydrogen-bond acceptors (Lipinski definition) is 6. The minimum atomic E-state index is -0.860. The van der Waals surface area contributed by atoms with Gasteiger partial charge in [-0.3, -0.25) is 19.3 Å². The number of fused-ring (bicyclic) bond motifs is 1. The molecule has 2 aliphatic rings. The van der Waals surface area contributed by atoms with Gasteiger partial charge in [0, 0.05) is 7.05 Å². The number of ether oxygens (including phenoxy) is 2. The first-order chi connectivity index (χ1) is 17.0. The molecule has 2 saturated heterocycles. The first kappa shape index (κ1) is 23.0. The van der Waals surface area contributed by atoms with Crippen LogP contribution in [-0.4, -0.2) is 42.0 Å². The lowest BCUT2D eigenvalue weighted by Gasteiger charge is -2.25. The molecule has 7 nitrogen and oxygen atoms in total. The standard InChI is InChI=1S/C27H25FN2O5/c1-29-24(23-25(35-29)27(32)30(26(23)31)15-17-6-4-3-5-7-17)19-10-13-21(22(14-19)33-2)34-16-18-8-11-20(28)12-9-18/h3-14,23-25H,15-16H2,1-2H3/t23-,24+,25-/m1/s1. The molecule has 180 valence electrons. The van der Waals surface area contributed by atoms with Gasteiger partial charge in [0.15, 0.2) is 17.6 Å². The predicted molar refractivity (Wildman–Crippen MR) is 125 cm³/mol. The summed E-state index contributed by atoms with van der Waals surface area (Å²) < 4.78 is 24.6. The van der Waals surface area contributed by atoms with E-state index in [1.165, 1.54) is 24.1 Å². The molecule has 2 aliphatic heterocycles. The van der Waals surface area contributed by atoms with Crippen molar-refractivity contribution in [2.75, 3.05) is 14.2 Å². The maximum Gasteiger partial charge on any atom is 0.261 e. The highest BCUT2D eigenvalue weighted by molar-refractivity contribution is 6.07. The Morgan fingerprint density at radius 3 is 2.37 bits per heavy atom. The van der Waals surface area contributed by atoms with Gasteiger partial charge >= 0.3 is 0 Å². The third-order valence-electron chi connectivity index (χ3n) is 6.42. The van der Waals surface area contributed by atoms with Crippen LogP contribution in [0, 0.1) is 11.7 Å². The fraction of sp³-hybridized carbons (Fsp3) is 0.259. The first-order valence-electron chi connectivity index (χ1n) is 11.3. The lowest BCUT2D eigenvalue weighted by atomic mass is 9.91. The molecule has 0 unspecified atom stereocenters. The number of carbonyl (C=O) groups excluding carboxylic acids is 2. The first-order valence-corrected chi connectivity index (χ1v) is 11.3. The van der Waals surface area contributed by atoms with Gasteiger partial charge in [-0.2, -0.15) is 5.06 Å². The van der Waals surface area contributed by atoms with Crippen LogP contribution in [0.4, 0.5) is 4.39 Å². The molecule has 0 aromatic heterocycles. The SMILES string of the molecule is COc1cc([C@H]2[C@H]3C(=O)N(Cc4ccccc4)C(=O)[C@@H]3ON2C)ccc1OCc1ccc(F)cc1. The van der Waals surface area contributed by atoms with E-state index in [-0.39, 0.29) is 30.8 Å². The van der Waals surface area contributed by atoms with Crippen LogP contribution in [0.2, 0.25) is 0 Å². The van der Waals surface area contributed by atoms with Crippen LogP contribution in [-0.2, 0) is 27.6 Å². The minimum absolute atomic E-state index is 0.213. The second kappa shape index (κ2) is 9.48.